The van der Waals surface area contributed by atoms with Crippen LogP contribution in [0.1, 0.15) is 10.4 Å². The third-order valence-electron chi connectivity index (χ3n) is 2.14. The summed E-state index contributed by atoms with van der Waals surface area (Å²) < 4.78 is 9.35. The summed E-state index contributed by atoms with van der Waals surface area (Å²) in [6.07, 6.45) is 3.05. The second-order valence-corrected chi connectivity index (χ2v) is 3.51. The van der Waals surface area contributed by atoms with Crippen molar-refractivity contribution in [3.05, 3.63) is 41.2 Å². The van der Waals surface area contributed by atoms with Gasteiger partial charge in [-0.05, 0) is 17.7 Å². The van der Waals surface area contributed by atoms with E-state index in [1.165, 1.54) is 13.4 Å². The lowest BCUT2D eigenvalue weighted by Crippen LogP contribution is -2.02. The van der Waals surface area contributed by atoms with Gasteiger partial charge in [-0.3, -0.25) is 0 Å². The molecule has 0 atom stereocenters. The first-order valence-electron chi connectivity index (χ1n) is 4.50. The van der Waals surface area contributed by atoms with Crippen LogP contribution in [0.15, 0.2) is 35.2 Å². The number of carbonyl (C=O) groups is 1. The van der Waals surface area contributed by atoms with E-state index in [1.54, 1.807) is 24.4 Å². The third kappa shape index (κ3) is 1.92. The zero-order valence-corrected chi connectivity index (χ0v) is 9.19. The summed E-state index contributed by atoms with van der Waals surface area (Å²) in [5.74, 6) is -0.469. The van der Waals surface area contributed by atoms with Crippen molar-refractivity contribution in [2.45, 2.75) is 0 Å². The molecule has 0 N–H and O–H groups in total. The van der Waals surface area contributed by atoms with Crippen LogP contribution in [0.5, 0.6) is 0 Å². The highest BCUT2D eigenvalue weighted by Crippen LogP contribution is 2.25. The van der Waals surface area contributed by atoms with E-state index >= 15 is 0 Å². The second kappa shape index (κ2) is 4.37. The van der Waals surface area contributed by atoms with Gasteiger partial charge in [0.15, 0.2) is 0 Å². The van der Waals surface area contributed by atoms with Crippen molar-refractivity contribution in [1.29, 1.82) is 0 Å². The maximum absolute atomic E-state index is 11.4. The van der Waals surface area contributed by atoms with Crippen molar-refractivity contribution >= 4 is 17.6 Å². The van der Waals surface area contributed by atoms with Crippen LogP contribution in [0.25, 0.3) is 11.1 Å². The van der Waals surface area contributed by atoms with E-state index in [4.69, 9.17) is 16.1 Å². The normalized spacial score (nSPS) is 10.1. The summed E-state index contributed by atoms with van der Waals surface area (Å²) in [5.41, 5.74) is 1.90. The number of nitrogens with zero attached hydrogens (tertiary/aromatic N) is 1. The quantitative estimate of drug-likeness (QED) is 0.754. The number of carbonyl (C=O) groups excluding carboxylic acids is 1. The first-order chi connectivity index (χ1) is 7.72. The molecule has 0 saturated carbocycles. The SMILES string of the molecule is COC(=O)c1cc(-c2cnoc2)ccc1Cl. The van der Waals surface area contributed by atoms with E-state index in [0.717, 1.165) is 11.1 Å². The highest BCUT2D eigenvalue weighted by Gasteiger charge is 2.12. The lowest BCUT2D eigenvalue weighted by atomic mass is 10.1. The van der Waals surface area contributed by atoms with Crippen LogP contribution in [-0.4, -0.2) is 18.2 Å². The second-order valence-electron chi connectivity index (χ2n) is 3.10. The first kappa shape index (κ1) is 10.7. The van der Waals surface area contributed by atoms with Gasteiger partial charge in [-0.15, -0.1) is 0 Å². The minimum Gasteiger partial charge on any atom is -0.465 e. The Morgan fingerprint density at radius 1 is 1.44 bits per heavy atom. The van der Waals surface area contributed by atoms with E-state index in [0.29, 0.717) is 10.6 Å². The summed E-state index contributed by atoms with van der Waals surface area (Å²) in [6.45, 7) is 0. The first-order valence-corrected chi connectivity index (χ1v) is 4.88. The van der Waals surface area contributed by atoms with Gasteiger partial charge in [0.05, 0.1) is 23.9 Å². The molecule has 0 aliphatic rings. The molecule has 2 aromatic rings. The summed E-state index contributed by atoms with van der Waals surface area (Å²) in [5, 5.41) is 3.95. The molecular formula is C11H8ClNO3. The van der Waals surface area contributed by atoms with Crippen molar-refractivity contribution in [3.8, 4) is 11.1 Å². The van der Waals surface area contributed by atoms with Crippen LogP contribution >= 0.6 is 11.6 Å². The summed E-state index contributed by atoms with van der Waals surface area (Å²) in [6, 6.07) is 5.05. The molecule has 1 heterocycles. The molecule has 0 saturated heterocycles. The topological polar surface area (TPSA) is 52.3 Å². The van der Waals surface area contributed by atoms with Crippen LogP contribution in [0.2, 0.25) is 5.02 Å². The average molecular weight is 238 g/mol. The van der Waals surface area contributed by atoms with Gasteiger partial charge in [0.1, 0.15) is 6.26 Å². The Hall–Kier alpha value is -1.81. The Balaban J connectivity index is 2.47. The zero-order valence-electron chi connectivity index (χ0n) is 8.44. The van der Waals surface area contributed by atoms with Crippen molar-refractivity contribution in [2.24, 2.45) is 0 Å². The Bertz CT molecular complexity index is 508. The standard InChI is InChI=1S/C11H8ClNO3/c1-15-11(14)9-4-7(2-3-10(9)12)8-5-13-16-6-8/h2-6H,1H3. The Labute approximate surface area is 96.8 Å². The van der Waals surface area contributed by atoms with E-state index in [-0.39, 0.29) is 0 Å². The Morgan fingerprint density at radius 3 is 2.88 bits per heavy atom. The minimum atomic E-state index is -0.469. The predicted molar refractivity (Wildman–Crippen MR) is 58.3 cm³/mol. The Kier molecular flexibility index (Phi) is 2.92. The van der Waals surface area contributed by atoms with Crippen LogP contribution < -0.4 is 0 Å². The van der Waals surface area contributed by atoms with Crippen molar-refractivity contribution in [3.63, 3.8) is 0 Å². The number of hydrogen-bond donors (Lipinski definition) is 0. The smallest absolute Gasteiger partial charge is 0.339 e. The van der Waals surface area contributed by atoms with Crippen LogP contribution in [0.3, 0.4) is 0 Å². The fraction of sp³-hybridized carbons (Fsp3) is 0.0909. The number of rotatable bonds is 2. The number of hydrogen-bond acceptors (Lipinski definition) is 4. The predicted octanol–water partition coefficient (Wildman–Crippen LogP) is 2.78. The largest absolute Gasteiger partial charge is 0.465 e. The fourth-order valence-corrected chi connectivity index (χ4v) is 1.51. The molecule has 0 bridgehead atoms. The van der Waals surface area contributed by atoms with Crippen molar-refractivity contribution in [1.82, 2.24) is 5.16 Å². The lowest BCUT2D eigenvalue weighted by molar-refractivity contribution is 0.0601. The van der Waals surface area contributed by atoms with Crippen molar-refractivity contribution in [2.75, 3.05) is 7.11 Å². The molecule has 0 amide bonds. The van der Waals surface area contributed by atoms with Gasteiger partial charge in [-0.2, -0.15) is 0 Å². The molecule has 0 fully saturated rings. The van der Waals surface area contributed by atoms with E-state index in [9.17, 15) is 4.79 Å². The van der Waals surface area contributed by atoms with E-state index < -0.39 is 5.97 Å². The fourth-order valence-electron chi connectivity index (χ4n) is 1.32. The summed E-state index contributed by atoms with van der Waals surface area (Å²) >= 11 is 5.89. The average Bonchev–Trinajstić information content (AvgIpc) is 2.82. The number of halogens is 1. The molecule has 0 aliphatic heterocycles. The van der Waals surface area contributed by atoms with E-state index in [2.05, 4.69) is 9.89 Å². The van der Waals surface area contributed by atoms with Gasteiger partial charge in [0, 0.05) is 5.56 Å². The maximum Gasteiger partial charge on any atom is 0.339 e. The zero-order chi connectivity index (χ0) is 11.5. The molecule has 0 radical (unpaired) electrons. The Morgan fingerprint density at radius 2 is 2.25 bits per heavy atom. The molecule has 5 heteroatoms. The summed E-state index contributed by atoms with van der Waals surface area (Å²) in [4.78, 5) is 11.4. The maximum atomic E-state index is 11.4. The molecule has 1 aromatic heterocycles. The molecule has 4 nitrogen and oxygen atoms in total. The number of benzene rings is 1. The molecule has 0 unspecified atom stereocenters. The monoisotopic (exact) mass is 237 g/mol. The molecule has 0 spiro atoms. The highest BCUT2D eigenvalue weighted by molar-refractivity contribution is 6.33. The van der Waals surface area contributed by atoms with Crippen LogP contribution in [0, 0.1) is 0 Å². The number of esters is 1. The van der Waals surface area contributed by atoms with Gasteiger partial charge < -0.3 is 9.26 Å². The van der Waals surface area contributed by atoms with Gasteiger partial charge in [-0.1, -0.05) is 22.8 Å². The van der Waals surface area contributed by atoms with Crippen LogP contribution in [0.4, 0.5) is 0 Å². The van der Waals surface area contributed by atoms with Crippen molar-refractivity contribution < 1.29 is 14.1 Å². The summed E-state index contributed by atoms with van der Waals surface area (Å²) in [7, 11) is 1.31. The van der Waals surface area contributed by atoms with E-state index in [1.807, 2.05) is 0 Å². The number of aromatic nitrogens is 1. The molecule has 2 rings (SSSR count). The number of methoxy groups -OCH3 is 1. The molecule has 1 aromatic carbocycles. The molecule has 82 valence electrons. The van der Waals surface area contributed by atoms with Gasteiger partial charge in [-0.25, -0.2) is 4.79 Å². The van der Waals surface area contributed by atoms with Gasteiger partial charge in [0.2, 0.25) is 0 Å². The van der Waals surface area contributed by atoms with Gasteiger partial charge in [0.25, 0.3) is 0 Å². The van der Waals surface area contributed by atoms with Gasteiger partial charge >= 0.3 is 5.97 Å². The molecule has 16 heavy (non-hydrogen) atoms. The minimum absolute atomic E-state index is 0.322. The molecular weight excluding hydrogens is 230 g/mol. The van der Waals surface area contributed by atoms with Crippen LogP contribution in [-0.2, 0) is 4.74 Å². The third-order valence-corrected chi connectivity index (χ3v) is 2.47. The molecule has 0 aliphatic carbocycles. The highest BCUT2D eigenvalue weighted by atomic mass is 35.5. The number of ether oxygens (including phenoxy) is 1. The lowest BCUT2D eigenvalue weighted by Gasteiger charge is -2.04.